The van der Waals surface area contributed by atoms with Crippen LogP contribution in [0.3, 0.4) is 0 Å². The zero-order valence-electron chi connectivity index (χ0n) is 7.89. The topological polar surface area (TPSA) is 35.5 Å². The molecule has 0 amide bonds. The van der Waals surface area contributed by atoms with Gasteiger partial charge in [-0.3, -0.25) is 4.57 Å². The van der Waals surface area contributed by atoms with Crippen LogP contribution in [-0.2, 0) is 13.6 Å². The zero-order chi connectivity index (χ0) is 9.73. The largest absolute Gasteiger partial charge is 0.353 e. The lowest BCUT2D eigenvalue weighted by Gasteiger charge is -2.21. The van der Waals surface area contributed by atoms with E-state index in [1.807, 2.05) is 13.8 Å². The first-order valence-corrected chi connectivity index (χ1v) is 8.06. The minimum absolute atomic E-state index is 0.00704. The monoisotopic (exact) mass is 242 g/mol. The molecule has 3 nitrogen and oxygen atoms in total. The van der Waals surface area contributed by atoms with Crippen LogP contribution >= 0.6 is 31.1 Å². The number of hydrogen-bond donors (Lipinski definition) is 0. The van der Waals surface area contributed by atoms with Gasteiger partial charge in [-0.25, -0.2) is 0 Å². The molecule has 78 valence electrons. The third-order valence-corrected chi connectivity index (χ3v) is 8.20. The molecule has 0 aliphatic carbocycles. The number of hydrogen-bond acceptors (Lipinski definition) is 5. The lowest BCUT2D eigenvalue weighted by Crippen LogP contribution is -2.04. The summed E-state index contributed by atoms with van der Waals surface area (Å²) in [5.74, 6) is 2.08. The minimum atomic E-state index is -2.84. The standard InChI is InChI=1S/C7H15O3PS2/c1-3-9-11(8,10-4-2)7-12-5-6-13-7/h7H,3-6H2,1-2H3. The Bertz CT molecular complexity index is 184. The Morgan fingerprint density at radius 3 is 2.08 bits per heavy atom. The third-order valence-electron chi connectivity index (χ3n) is 1.48. The van der Waals surface area contributed by atoms with Gasteiger partial charge in [0.15, 0.2) is 4.32 Å². The summed E-state index contributed by atoms with van der Waals surface area (Å²) in [6.07, 6.45) is 0. The average Bonchev–Trinajstić information content (AvgIpc) is 2.57. The van der Waals surface area contributed by atoms with Crippen molar-refractivity contribution in [3.8, 4) is 0 Å². The highest BCUT2D eigenvalue weighted by Gasteiger charge is 2.38. The molecule has 0 aromatic carbocycles. The minimum Gasteiger partial charge on any atom is -0.308 e. The molecule has 1 aliphatic rings. The first kappa shape index (κ1) is 11.9. The second-order valence-corrected chi connectivity index (χ2v) is 7.96. The maximum atomic E-state index is 12.1. The molecule has 0 N–H and O–H groups in total. The Kier molecular flexibility index (Phi) is 5.19. The van der Waals surface area contributed by atoms with E-state index in [0.29, 0.717) is 13.2 Å². The molecule has 0 aromatic rings. The van der Waals surface area contributed by atoms with Crippen molar-refractivity contribution in [2.24, 2.45) is 0 Å². The highest BCUT2D eigenvalue weighted by atomic mass is 32.2. The predicted molar refractivity (Wildman–Crippen MR) is 59.6 cm³/mol. The summed E-state index contributed by atoms with van der Waals surface area (Å²) in [4.78, 5) is 0. The second kappa shape index (κ2) is 5.66. The fourth-order valence-corrected chi connectivity index (χ4v) is 7.04. The molecule has 0 atom stereocenters. The molecule has 0 spiro atoms. The van der Waals surface area contributed by atoms with E-state index in [1.54, 1.807) is 23.5 Å². The Morgan fingerprint density at radius 2 is 1.69 bits per heavy atom. The molecular formula is C7H15O3PS2. The van der Waals surface area contributed by atoms with Gasteiger partial charge in [-0.2, -0.15) is 0 Å². The summed E-state index contributed by atoms with van der Waals surface area (Å²) in [5, 5.41) is 0. The summed E-state index contributed by atoms with van der Waals surface area (Å²) in [6, 6.07) is 0. The van der Waals surface area contributed by atoms with Crippen LogP contribution in [0.2, 0.25) is 0 Å². The summed E-state index contributed by atoms with van der Waals surface area (Å²) in [7, 11) is -2.84. The summed E-state index contributed by atoms with van der Waals surface area (Å²) in [6.45, 7) is 4.59. The first-order valence-electron chi connectivity index (χ1n) is 4.35. The number of thioether (sulfide) groups is 2. The molecular weight excluding hydrogens is 227 g/mol. The van der Waals surface area contributed by atoms with Crippen LogP contribution in [0.25, 0.3) is 0 Å². The van der Waals surface area contributed by atoms with E-state index in [2.05, 4.69) is 0 Å². The van der Waals surface area contributed by atoms with Gasteiger partial charge >= 0.3 is 7.60 Å². The van der Waals surface area contributed by atoms with Crippen LogP contribution in [0.15, 0.2) is 0 Å². The van der Waals surface area contributed by atoms with Crippen LogP contribution in [0, 0.1) is 0 Å². The quantitative estimate of drug-likeness (QED) is 0.692. The Balaban J connectivity index is 2.58. The van der Waals surface area contributed by atoms with Gasteiger partial charge in [0.25, 0.3) is 0 Å². The fourth-order valence-electron chi connectivity index (χ4n) is 1.05. The van der Waals surface area contributed by atoms with E-state index in [-0.39, 0.29) is 4.32 Å². The molecule has 1 fully saturated rings. The van der Waals surface area contributed by atoms with Crippen molar-refractivity contribution >= 4 is 31.1 Å². The van der Waals surface area contributed by atoms with E-state index in [1.165, 1.54) is 0 Å². The van der Waals surface area contributed by atoms with Gasteiger partial charge in [-0.15, -0.1) is 23.5 Å². The lowest BCUT2D eigenvalue weighted by molar-refractivity contribution is 0.223. The van der Waals surface area contributed by atoms with Crippen molar-refractivity contribution < 1.29 is 13.6 Å². The maximum absolute atomic E-state index is 12.1. The smallest absolute Gasteiger partial charge is 0.308 e. The van der Waals surface area contributed by atoms with Crippen LogP contribution in [0.1, 0.15) is 13.8 Å². The van der Waals surface area contributed by atoms with E-state index >= 15 is 0 Å². The lowest BCUT2D eigenvalue weighted by atomic mass is 10.9. The predicted octanol–water partition coefficient (Wildman–Crippen LogP) is 3.02. The van der Waals surface area contributed by atoms with E-state index in [4.69, 9.17) is 9.05 Å². The van der Waals surface area contributed by atoms with Crippen molar-refractivity contribution in [2.45, 2.75) is 18.2 Å². The SMILES string of the molecule is CCOP(=O)(OCC)C1SCCS1. The fraction of sp³-hybridized carbons (Fsp3) is 1.00. The van der Waals surface area contributed by atoms with Crippen LogP contribution in [0.4, 0.5) is 0 Å². The van der Waals surface area contributed by atoms with Gasteiger partial charge in [0, 0.05) is 11.5 Å². The second-order valence-electron chi connectivity index (χ2n) is 2.42. The van der Waals surface area contributed by atoms with Crippen molar-refractivity contribution in [1.29, 1.82) is 0 Å². The van der Waals surface area contributed by atoms with Crippen molar-refractivity contribution in [2.75, 3.05) is 24.7 Å². The molecule has 6 heteroatoms. The van der Waals surface area contributed by atoms with Gasteiger partial charge in [-0.05, 0) is 13.8 Å². The molecule has 1 heterocycles. The number of rotatable bonds is 5. The summed E-state index contributed by atoms with van der Waals surface area (Å²) < 4.78 is 22.6. The van der Waals surface area contributed by atoms with Crippen LogP contribution < -0.4 is 0 Å². The van der Waals surface area contributed by atoms with Crippen molar-refractivity contribution in [3.63, 3.8) is 0 Å². The van der Waals surface area contributed by atoms with Crippen molar-refractivity contribution in [1.82, 2.24) is 0 Å². The van der Waals surface area contributed by atoms with Crippen LogP contribution in [-0.4, -0.2) is 29.0 Å². The first-order chi connectivity index (χ1) is 6.23. The van der Waals surface area contributed by atoms with Crippen molar-refractivity contribution in [3.05, 3.63) is 0 Å². The van der Waals surface area contributed by atoms with Gasteiger partial charge < -0.3 is 9.05 Å². The highest BCUT2D eigenvalue weighted by Crippen LogP contribution is 2.63. The van der Waals surface area contributed by atoms with Crippen LogP contribution in [0.5, 0.6) is 0 Å². The summed E-state index contributed by atoms with van der Waals surface area (Å²) in [5.41, 5.74) is 0. The third kappa shape index (κ3) is 3.17. The molecule has 0 unspecified atom stereocenters. The Hall–Kier alpha value is 0.850. The van der Waals surface area contributed by atoms with E-state index < -0.39 is 7.60 Å². The molecule has 1 saturated heterocycles. The molecule has 1 rings (SSSR count). The Labute approximate surface area is 87.9 Å². The molecule has 0 aromatic heterocycles. The molecule has 0 saturated carbocycles. The van der Waals surface area contributed by atoms with E-state index in [0.717, 1.165) is 11.5 Å². The van der Waals surface area contributed by atoms with Gasteiger partial charge in [0.05, 0.1) is 13.2 Å². The van der Waals surface area contributed by atoms with Gasteiger partial charge in [0.1, 0.15) is 0 Å². The van der Waals surface area contributed by atoms with Gasteiger partial charge in [-0.1, -0.05) is 0 Å². The zero-order valence-corrected chi connectivity index (χ0v) is 10.4. The molecule has 0 bridgehead atoms. The average molecular weight is 242 g/mol. The molecule has 0 radical (unpaired) electrons. The highest BCUT2D eigenvalue weighted by molar-refractivity contribution is 8.26. The maximum Gasteiger partial charge on any atom is 0.353 e. The Morgan fingerprint density at radius 1 is 1.23 bits per heavy atom. The molecule has 1 aliphatic heterocycles. The normalized spacial score (nSPS) is 19.5. The van der Waals surface area contributed by atoms with E-state index in [9.17, 15) is 4.57 Å². The molecule has 13 heavy (non-hydrogen) atoms. The summed E-state index contributed by atoms with van der Waals surface area (Å²) >= 11 is 3.36. The van der Waals surface area contributed by atoms with Gasteiger partial charge in [0.2, 0.25) is 0 Å².